The van der Waals surface area contributed by atoms with Gasteiger partial charge in [0.2, 0.25) is 0 Å². The standard InChI is InChI=1S/C19H18F3N3O4S/c1-10-5-6-11-12(9-23)16(30-14(11)8-10)25-18(17(27)28-2,19(20,21)22)24-15(26)13-4-3-7-29-13/h3-4,7,10,25H,5-6,8H2,1-2H3,(H,24,26)/t10-,18+/m0/s1. The van der Waals surface area contributed by atoms with E-state index in [1.54, 1.807) is 5.32 Å². The number of hydrogen-bond acceptors (Lipinski definition) is 7. The molecule has 2 aromatic rings. The number of furan rings is 1. The van der Waals surface area contributed by atoms with Crippen LogP contribution in [0.1, 0.15) is 39.9 Å². The van der Waals surface area contributed by atoms with Gasteiger partial charge < -0.3 is 19.8 Å². The highest BCUT2D eigenvalue weighted by Crippen LogP contribution is 2.42. The summed E-state index contributed by atoms with van der Waals surface area (Å²) in [5.74, 6) is -3.15. The second-order valence-corrected chi connectivity index (χ2v) is 8.07. The molecular formula is C19H18F3N3O4S. The van der Waals surface area contributed by atoms with Gasteiger partial charge >= 0.3 is 17.8 Å². The van der Waals surface area contributed by atoms with Crippen LogP contribution in [0.4, 0.5) is 18.2 Å². The van der Waals surface area contributed by atoms with Crippen molar-refractivity contribution >= 4 is 28.2 Å². The summed E-state index contributed by atoms with van der Waals surface area (Å²) in [6.45, 7) is 2.01. The molecule has 11 heteroatoms. The van der Waals surface area contributed by atoms with Crippen LogP contribution in [0.3, 0.4) is 0 Å². The first-order valence-corrected chi connectivity index (χ1v) is 9.78. The Morgan fingerprint density at radius 1 is 1.40 bits per heavy atom. The third kappa shape index (κ3) is 3.75. The molecule has 0 aromatic carbocycles. The molecule has 2 heterocycles. The molecule has 1 amide bonds. The Bertz CT molecular complexity index is 994. The molecule has 7 nitrogen and oxygen atoms in total. The third-order valence-corrected chi connectivity index (χ3v) is 6.06. The van der Waals surface area contributed by atoms with Crippen LogP contribution in [0.5, 0.6) is 0 Å². The molecule has 0 unspecified atom stereocenters. The number of nitrogens with zero attached hydrogens (tertiary/aromatic N) is 1. The number of thiophene rings is 1. The van der Waals surface area contributed by atoms with Gasteiger partial charge in [0, 0.05) is 4.88 Å². The Kier molecular flexibility index (Phi) is 5.81. The number of hydrogen-bond donors (Lipinski definition) is 2. The van der Waals surface area contributed by atoms with Crippen molar-refractivity contribution < 1.29 is 31.9 Å². The predicted octanol–water partition coefficient (Wildman–Crippen LogP) is 3.61. The number of amides is 1. The summed E-state index contributed by atoms with van der Waals surface area (Å²) in [5.41, 5.74) is -2.91. The van der Waals surface area contributed by atoms with Gasteiger partial charge in [-0.1, -0.05) is 6.92 Å². The third-order valence-electron chi connectivity index (χ3n) is 4.89. The molecule has 0 radical (unpaired) electrons. The highest BCUT2D eigenvalue weighted by Gasteiger charge is 2.64. The van der Waals surface area contributed by atoms with E-state index >= 15 is 0 Å². The van der Waals surface area contributed by atoms with Crippen LogP contribution in [-0.2, 0) is 22.4 Å². The Morgan fingerprint density at radius 2 is 2.13 bits per heavy atom. The molecular weight excluding hydrogens is 423 g/mol. The van der Waals surface area contributed by atoms with Gasteiger partial charge in [0.15, 0.2) is 5.76 Å². The maximum absolute atomic E-state index is 14.2. The van der Waals surface area contributed by atoms with Crippen LogP contribution >= 0.6 is 11.3 Å². The summed E-state index contributed by atoms with van der Waals surface area (Å²) in [5, 5.41) is 13.2. The number of anilines is 1. The van der Waals surface area contributed by atoms with Crippen LogP contribution in [0.25, 0.3) is 0 Å². The zero-order valence-electron chi connectivity index (χ0n) is 16.1. The molecule has 0 aliphatic heterocycles. The van der Waals surface area contributed by atoms with E-state index in [0.29, 0.717) is 24.3 Å². The fourth-order valence-corrected chi connectivity index (χ4v) is 4.73. The molecule has 2 aromatic heterocycles. The number of nitriles is 1. The maximum Gasteiger partial charge on any atom is 0.441 e. The second-order valence-electron chi connectivity index (χ2n) is 6.96. The Balaban J connectivity index is 2.08. The zero-order valence-corrected chi connectivity index (χ0v) is 16.9. The molecule has 30 heavy (non-hydrogen) atoms. The van der Waals surface area contributed by atoms with E-state index in [2.05, 4.69) is 10.1 Å². The number of carbonyl (C=O) groups excluding carboxylic acids is 2. The number of halogens is 3. The number of alkyl halides is 3. The first-order valence-electron chi connectivity index (χ1n) is 8.97. The minimum absolute atomic E-state index is 0.0340. The predicted molar refractivity (Wildman–Crippen MR) is 101 cm³/mol. The first-order chi connectivity index (χ1) is 14.1. The van der Waals surface area contributed by atoms with Gasteiger partial charge in [-0.15, -0.1) is 11.3 Å². The van der Waals surface area contributed by atoms with Gasteiger partial charge in [-0.05, 0) is 42.9 Å². The zero-order chi connectivity index (χ0) is 22.1. The van der Waals surface area contributed by atoms with Crippen molar-refractivity contribution in [3.8, 4) is 6.07 Å². The Morgan fingerprint density at radius 3 is 2.70 bits per heavy atom. The lowest BCUT2D eigenvalue weighted by Crippen LogP contribution is -2.69. The van der Waals surface area contributed by atoms with E-state index in [4.69, 9.17) is 4.42 Å². The number of fused-ring (bicyclic) bond motifs is 1. The summed E-state index contributed by atoms with van der Waals surface area (Å²) in [7, 11) is 0.774. The van der Waals surface area contributed by atoms with E-state index in [0.717, 1.165) is 42.1 Å². The van der Waals surface area contributed by atoms with E-state index in [1.807, 2.05) is 13.0 Å². The van der Waals surface area contributed by atoms with Crippen molar-refractivity contribution in [2.75, 3.05) is 12.4 Å². The van der Waals surface area contributed by atoms with Gasteiger partial charge in [-0.25, -0.2) is 4.79 Å². The van der Waals surface area contributed by atoms with Crippen LogP contribution in [0, 0.1) is 17.2 Å². The van der Waals surface area contributed by atoms with Crippen LogP contribution in [0.2, 0.25) is 0 Å². The quantitative estimate of drug-likeness (QED) is 0.543. The lowest BCUT2D eigenvalue weighted by Gasteiger charge is -2.34. The van der Waals surface area contributed by atoms with Crippen molar-refractivity contribution in [2.45, 2.75) is 38.0 Å². The lowest BCUT2D eigenvalue weighted by atomic mass is 9.88. The lowest BCUT2D eigenvalue weighted by molar-refractivity contribution is -0.203. The molecule has 0 saturated carbocycles. The number of carbonyl (C=O) groups is 2. The smallest absolute Gasteiger partial charge is 0.441 e. The topological polar surface area (TPSA) is 104 Å². The van der Waals surface area contributed by atoms with Crippen LogP contribution in [-0.4, -0.2) is 30.8 Å². The minimum Gasteiger partial charge on any atom is -0.466 e. The van der Waals surface area contributed by atoms with Crippen molar-refractivity contribution in [1.29, 1.82) is 5.26 Å². The van der Waals surface area contributed by atoms with E-state index in [1.165, 1.54) is 6.07 Å². The number of nitrogens with one attached hydrogen (secondary N) is 2. The highest BCUT2D eigenvalue weighted by atomic mass is 32.1. The van der Waals surface area contributed by atoms with E-state index < -0.39 is 29.5 Å². The summed E-state index contributed by atoms with van der Waals surface area (Å²) in [4.78, 5) is 25.5. The Hall–Kier alpha value is -3.00. The van der Waals surface area contributed by atoms with Crippen molar-refractivity contribution in [2.24, 2.45) is 5.92 Å². The number of ether oxygens (including phenoxy) is 1. The van der Waals surface area contributed by atoms with Crippen molar-refractivity contribution in [1.82, 2.24) is 5.32 Å². The molecule has 0 spiro atoms. The van der Waals surface area contributed by atoms with Gasteiger partial charge in [-0.3, -0.25) is 4.79 Å². The van der Waals surface area contributed by atoms with E-state index in [9.17, 15) is 28.0 Å². The monoisotopic (exact) mass is 441 g/mol. The molecule has 0 saturated heterocycles. The molecule has 2 atom stereocenters. The maximum atomic E-state index is 14.2. The number of rotatable bonds is 5. The van der Waals surface area contributed by atoms with Gasteiger partial charge in [0.1, 0.15) is 11.1 Å². The average molecular weight is 441 g/mol. The molecule has 0 bridgehead atoms. The first kappa shape index (κ1) is 21.7. The van der Waals surface area contributed by atoms with Crippen LogP contribution < -0.4 is 10.6 Å². The van der Waals surface area contributed by atoms with Crippen LogP contribution in [0.15, 0.2) is 22.8 Å². The molecule has 160 valence electrons. The van der Waals surface area contributed by atoms with Crippen molar-refractivity contribution in [3.05, 3.63) is 40.2 Å². The molecule has 1 aliphatic rings. The summed E-state index contributed by atoms with van der Waals surface area (Å²) in [6, 6.07) is 4.40. The fraction of sp³-hybridized carbons (Fsp3) is 0.421. The molecule has 3 rings (SSSR count). The van der Waals surface area contributed by atoms with E-state index in [-0.39, 0.29) is 10.6 Å². The summed E-state index contributed by atoms with van der Waals surface area (Å²) >= 11 is 0.970. The largest absolute Gasteiger partial charge is 0.466 e. The number of esters is 1. The second kappa shape index (κ2) is 8.02. The number of methoxy groups -OCH3 is 1. The summed E-state index contributed by atoms with van der Waals surface area (Å²) < 4.78 is 51.8. The fourth-order valence-electron chi connectivity index (χ4n) is 3.31. The average Bonchev–Trinajstić information content (AvgIpc) is 3.32. The molecule has 2 N–H and O–H groups in total. The molecule has 0 fully saturated rings. The van der Waals surface area contributed by atoms with Crippen molar-refractivity contribution in [3.63, 3.8) is 0 Å². The van der Waals surface area contributed by atoms with Gasteiger partial charge in [0.25, 0.3) is 5.91 Å². The Labute approximate surface area is 173 Å². The van der Waals surface area contributed by atoms with Gasteiger partial charge in [0.05, 0.1) is 18.9 Å². The summed E-state index contributed by atoms with van der Waals surface area (Å²) in [6.07, 6.45) is -2.22. The highest BCUT2D eigenvalue weighted by molar-refractivity contribution is 7.16. The van der Waals surface area contributed by atoms with Gasteiger partial charge in [-0.2, -0.15) is 18.4 Å². The normalized spacial score (nSPS) is 17.9. The minimum atomic E-state index is -5.30. The molecule has 1 aliphatic carbocycles. The SMILES string of the molecule is COC(=O)[C@@](NC(=O)c1ccco1)(Nc1sc2c(c1C#N)CC[C@H](C)C2)C(F)(F)F.